The highest BCUT2D eigenvalue weighted by Gasteiger charge is 2.05. The molecular formula is C11H16O10. The van der Waals surface area contributed by atoms with Crippen LogP contribution in [0.25, 0.3) is 0 Å². The predicted octanol–water partition coefficient (Wildman–Crippen LogP) is -0.431. The molecule has 0 unspecified atom stereocenters. The standard InChI is InChI=1S/C4H6O3.C3H6O.C2H4O2.2CO2/c1-2-3(5)4(6)7;1-2-3-4;1-2(3)4;2*2-1-3/h2H2,1H3,(H,6,7);3H,2H2,1H3;1H3,(H,3,4);;. The molecule has 0 spiro atoms. The van der Waals surface area contributed by atoms with Crippen molar-refractivity contribution >= 4 is 36.3 Å². The molecule has 0 amide bonds. The molecule has 2 N–H and O–H groups in total. The average molecular weight is 308 g/mol. The first-order valence-corrected chi connectivity index (χ1v) is 5.04. The van der Waals surface area contributed by atoms with Crippen LogP contribution >= 0.6 is 0 Å². The van der Waals surface area contributed by atoms with E-state index < -0.39 is 17.7 Å². The summed E-state index contributed by atoms with van der Waals surface area (Å²) in [5, 5.41) is 15.2. The van der Waals surface area contributed by atoms with E-state index in [9.17, 15) is 14.4 Å². The topological polar surface area (TPSA) is 177 Å². The van der Waals surface area contributed by atoms with E-state index in [1.165, 1.54) is 6.92 Å². The molecule has 0 radical (unpaired) electrons. The van der Waals surface area contributed by atoms with Crippen LogP contribution in [-0.2, 0) is 38.4 Å². The zero-order valence-electron chi connectivity index (χ0n) is 11.7. The molecule has 0 saturated heterocycles. The quantitative estimate of drug-likeness (QED) is 0.513. The molecule has 10 heteroatoms. The smallest absolute Gasteiger partial charge is 0.373 e. The van der Waals surface area contributed by atoms with Crippen molar-refractivity contribution in [2.75, 3.05) is 0 Å². The molecule has 0 saturated carbocycles. The lowest BCUT2D eigenvalue weighted by molar-refractivity contribution is -0.193. The summed E-state index contributed by atoms with van der Waals surface area (Å²) in [5.41, 5.74) is 0. The average Bonchev–Trinajstić information content (AvgIpc) is 2.39. The van der Waals surface area contributed by atoms with Crippen LogP contribution in [0.1, 0.15) is 33.6 Å². The molecule has 0 aliphatic heterocycles. The second-order valence-corrected chi connectivity index (χ2v) is 2.34. The van der Waals surface area contributed by atoms with Crippen molar-refractivity contribution in [1.82, 2.24) is 0 Å². The van der Waals surface area contributed by atoms with Crippen LogP contribution in [0.3, 0.4) is 0 Å². The third-order valence-electron chi connectivity index (χ3n) is 0.726. The van der Waals surface area contributed by atoms with E-state index in [1.54, 1.807) is 0 Å². The molecular weight excluding hydrogens is 292 g/mol. The van der Waals surface area contributed by atoms with Gasteiger partial charge in [0.1, 0.15) is 6.29 Å². The number of aliphatic carboxylic acids is 2. The lowest BCUT2D eigenvalue weighted by atomic mass is 10.3. The highest BCUT2D eigenvalue weighted by molar-refractivity contribution is 6.32. The summed E-state index contributed by atoms with van der Waals surface area (Å²) >= 11 is 0. The van der Waals surface area contributed by atoms with Gasteiger partial charge in [-0.3, -0.25) is 9.59 Å². The fourth-order valence-electron chi connectivity index (χ4n) is 0.151. The molecule has 0 aromatic carbocycles. The number of aldehydes is 1. The van der Waals surface area contributed by atoms with E-state index in [0.29, 0.717) is 6.42 Å². The molecule has 0 aromatic rings. The van der Waals surface area contributed by atoms with Crippen LogP contribution in [0.15, 0.2) is 0 Å². The maximum Gasteiger partial charge on any atom is 0.373 e. The summed E-state index contributed by atoms with van der Waals surface area (Å²) in [6, 6.07) is 0. The molecule has 0 aromatic heterocycles. The fraction of sp³-hybridized carbons (Fsp3) is 0.455. The molecule has 21 heavy (non-hydrogen) atoms. The van der Waals surface area contributed by atoms with Crippen LogP contribution in [-0.4, -0.2) is 46.5 Å². The summed E-state index contributed by atoms with van der Waals surface area (Å²) < 4.78 is 0. The number of hydrogen-bond donors (Lipinski definition) is 2. The number of Topliss-reactive ketones (excluding diaryl/α,β-unsaturated/α-hetero) is 1. The van der Waals surface area contributed by atoms with E-state index in [-0.39, 0.29) is 18.7 Å². The second kappa shape index (κ2) is 36.0. The third kappa shape index (κ3) is 236. The molecule has 0 heterocycles. The molecule has 0 bridgehead atoms. The Balaban J connectivity index is -0.0000000535. The summed E-state index contributed by atoms with van der Waals surface area (Å²) in [4.78, 5) is 70.2. The Kier molecular flexibility index (Phi) is 52.8. The number of ketones is 1. The second-order valence-electron chi connectivity index (χ2n) is 2.34. The Hall–Kier alpha value is -2.96. The number of carboxylic acid groups (broad SMARTS) is 2. The van der Waals surface area contributed by atoms with Gasteiger partial charge in [0.25, 0.3) is 5.97 Å². The summed E-state index contributed by atoms with van der Waals surface area (Å²) in [5.74, 6) is -2.91. The molecule has 0 rings (SSSR count). The van der Waals surface area contributed by atoms with E-state index in [1.807, 2.05) is 6.92 Å². The van der Waals surface area contributed by atoms with Crippen LogP contribution in [0, 0.1) is 0 Å². The van der Waals surface area contributed by atoms with Crippen LogP contribution in [0.5, 0.6) is 0 Å². The Morgan fingerprint density at radius 3 is 1.14 bits per heavy atom. The van der Waals surface area contributed by atoms with Gasteiger partial charge in [-0.05, 0) is 0 Å². The fourth-order valence-corrected chi connectivity index (χ4v) is 0.151. The molecule has 0 aliphatic rings. The van der Waals surface area contributed by atoms with E-state index >= 15 is 0 Å². The van der Waals surface area contributed by atoms with Gasteiger partial charge in [0.2, 0.25) is 5.78 Å². The Bertz CT molecular complexity index is 330. The Morgan fingerprint density at radius 1 is 0.952 bits per heavy atom. The zero-order valence-corrected chi connectivity index (χ0v) is 11.7. The zero-order chi connectivity index (χ0) is 18.3. The maximum absolute atomic E-state index is 9.91. The van der Waals surface area contributed by atoms with Gasteiger partial charge < -0.3 is 15.0 Å². The normalized spacial score (nSPS) is 5.86. The van der Waals surface area contributed by atoms with Gasteiger partial charge in [-0.15, -0.1) is 0 Å². The minimum absolute atomic E-state index is 0.0787. The molecule has 0 atom stereocenters. The first-order chi connectivity index (χ1) is 9.66. The van der Waals surface area contributed by atoms with Crippen molar-refractivity contribution in [3.8, 4) is 0 Å². The van der Waals surface area contributed by atoms with E-state index in [0.717, 1.165) is 13.2 Å². The molecule has 0 fully saturated rings. The van der Waals surface area contributed by atoms with Gasteiger partial charge in [-0.25, -0.2) is 4.79 Å². The highest BCUT2D eigenvalue weighted by Crippen LogP contribution is 1.76. The lowest BCUT2D eigenvalue weighted by Gasteiger charge is -1.80. The number of hydrogen-bond acceptors (Lipinski definition) is 8. The monoisotopic (exact) mass is 308 g/mol. The minimum atomic E-state index is -1.34. The molecule has 120 valence electrons. The number of carbonyl (C=O) groups excluding carboxylic acids is 6. The van der Waals surface area contributed by atoms with Gasteiger partial charge >= 0.3 is 18.3 Å². The summed E-state index contributed by atoms with van der Waals surface area (Å²) in [6.07, 6.45) is 2.09. The van der Waals surface area contributed by atoms with Crippen LogP contribution < -0.4 is 0 Å². The first-order valence-electron chi connectivity index (χ1n) is 5.04. The predicted molar refractivity (Wildman–Crippen MR) is 62.6 cm³/mol. The van der Waals surface area contributed by atoms with Crippen molar-refractivity contribution in [2.45, 2.75) is 33.6 Å². The SMILES string of the molecule is CC(=O)O.CCC(=O)C(=O)O.CCC=O.O=C=O.O=C=O. The summed E-state index contributed by atoms with van der Waals surface area (Å²) in [6.45, 7) is 4.41. The van der Waals surface area contributed by atoms with Crippen molar-refractivity contribution < 1.29 is 48.6 Å². The van der Waals surface area contributed by atoms with Crippen LogP contribution in [0.2, 0.25) is 0 Å². The number of carboxylic acids is 2. The van der Waals surface area contributed by atoms with Crippen molar-refractivity contribution in [2.24, 2.45) is 0 Å². The minimum Gasteiger partial charge on any atom is -0.481 e. The van der Waals surface area contributed by atoms with Gasteiger partial charge in [0.05, 0.1) is 0 Å². The summed E-state index contributed by atoms with van der Waals surface area (Å²) in [7, 11) is 0. The van der Waals surface area contributed by atoms with Crippen molar-refractivity contribution in [3.63, 3.8) is 0 Å². The first kappa shape index (κ1) is 30.8. The van der Waals surface area contributed by atoms with Gasteiger partial charge in [-0.1, -0.05) is 13.8 Å². The number of carbonyl (C=O) groups is 4. The maximum atomic E-state index is 9.91. The molecule has 0 aliphatic carbocycles. The Labute approximate surface area is 119 Å². The third-order valence-corrected chi connectivity index (χ3v) is 0.726. The van der Waals surface area contributed by atoms with Gasteiger partial charge in [-0.2, -0.15) is 19.2 Å². The largest absolute Gasteiger partial charge is 0.481 e. The van der Waals surface area contributed by atoms with E-state index in [2.05, 4.69) is 0 Å². The lowest BCUT2D eigenvalue weighted by Crippen LogP contribution is -2.09. The van der Waals surface area contributed by atoms with Crippen LogP contribution in [0.4, 0.5) is 0 Å². The highest BCUT2D eigenvalue weighted by atomic mass is 16.4. The number of rotatable bonds is 3. The Morgan fingerprint density at radius 2 is 1.14 bits per heavy atom. The molecule has 10 nitrogen and oxygen atoms in total. The van der Waals surface area contributed by atoms with Gasteiger partial charge in [0, 0.05) is 19.8 Å². The van der Waals surface area contributed by atoms with E-state index in [4.69, 9.17) is 34.2 Å². The van der Waals surface area contributed by atoms with Crippen molar-refractivity contribution in [1.29, 1.82) is 0 Å². The van der Waals surface area contributed by atoms with Crippen molar-refractivity contribution in [3.05, 3.63) is 0 Å². The van der Waals surface area contributed by atoms with Gasteiger partial charge in [0.15, 0.2) is 0 Å².